The lowest BCUT2D eigenvalue weighted by atomic mass is 10.1. The van der Waals surface area contributed by atoms with Crippen LogP contribution in [-0.2, 0) is 4.74 Å². The molecule has 0 saturated carbocycles. The first-order valence-corrected chi connectivity index (χ1v) is 7.70. The first kappa shape index (κ1) is 18.1. The van der Waals surface area contributed by atoms with Gasteiger partial charge in [-0.3, -0.25) is 10.1 Å². The van der Waals surface area contributed by atoms with Crippen LogP contribution in [0.5, 0.6) is 0 Å². The van der Waals surface area contributed by atoms with E-state index in [2.05, 4.69) is 10.6 Å². The second-order valence-electron chi connectivity index (χ2n) is 6.51. The maximum atomic E-state index is 12.3. The van der Waals surface area contributed by atoms with Gasteiger partial charge in [0.15, 0.2) is 0 Å². The Morgan fingerprint density at radius 3 is 2.08 bits per heavy atom. The second-order valence-corrected chi connectivity index (χ2v) is 6.51. The highest BCUT2D eigenvalue weighted by atomic mass is 16.6. The van der Waals surface area contributed by atoms with E-state index >= 15 is 0 Å². The fraction of sp³-hybridized carbons (Fsp3) is 0.222. The summed E-state index contributed by atoms with van der Waals surface area (Å²) in [5.41, 5.74) is 12.9. The monoisotopic (exact) mass is 342 g/mol. The lowest BCUT2D eigenvalue weighted by Crippen LogP contribution is -2.27. The van der Waals surface area contributed by atoms with Crippen molar-refractivity contribution in [1.82, 2.24) is 0 Å². The van der Waals surface area contributed by atoms with Crippen molar-refractivity contribution in [1.29, 1.82) is 0 Å². The van der Waals surface area contributed by atoms with Crippen molar-refractivity contribution in [3.05, 3.63) is 48.0 Å². The molecule has 0 bridgehead atoms. The van der Waals surface area contributed by atoms with Crippen LogP contribution in [0.25, 0.3) is 0 Å². The Morgan fingerprint density at radius 1 is 0.880 bits per heavy atom. The average Bonchev–Trinajstić information content (AvgIpc) is 2.48. The average molecular weight is 342 g/mol. The summed E-state index contributed by atoms with van der Waals surface area (Å²) in [5, 5.41) is 5.33. The van der Waals surface area contributed by atoms with Crippen LogP contribution < -0.4 is 22.1 Å². The molecular formula is C18H22N4O3. The van der Waals surface area contributed by atoms with Crippen molar-refractivity contribution in [2.75, 3.05) is 22.1 Å². The summed E-state index contributed by atoms with van der Waals surface area (Å²) in [4.78, 5) is 24.3. The van der Waals surface area contributed by atoms with Gasteiger partial charge in [-0.15, -0.1) is 0 Å². The molecule has 2 aromatic carbocycles. The van der Waals surface area contributed by atoms with Crippen LogP contribution in [0.3, 0.4) is 0 Å². The molecule has 6 N–H and O–H groups in total. The fourth-order valence-electron chi connectivity index (χ4n) is 2.02. The van der Waals surface area contributed by atoms with E-state index < -0.39 is 11.7 Å². The molecule has 25 heavy (non-hydrogen) atoms. The number of nitrogens with two attached hydrogens (primary N) is 2. The molecule has 0 heterocycles. The van der Waals surface area contributed by atoms with Crippen molar-refractivity contribution in [3.8, 4) is 0 Å². The fourth-order valence-corrected chi connectivity index (χ4v) is 2.02. The van der Waals surface area contributed by atoms with Gasteiger partial charge in [-0.2, -0.15) is 0 Å². The van der Waals surface area contributed by atoms with E-state index in [1.54, 1.807) is 63.2 Å². The van der Waals surface area contributed by atoms with Gasteiger partial charge in [0, 0.05) is 16.9 Å². The van der Waals surface area contributed by atoms with Crippen LogP contribution in [0.15, 0.2) is 42.5 Å². The highest BCUT2D eigenvalue weighted by Crippen LogP contribution is 2.26. The summed E-state index contributed by atoms with van der Waals surface area (Å²) in [6.07, 6.45) is -0.638. The van der Waals surface area contributed by atoms with Crippen molar-refractivity contribution < 1.29 is 14.3 Å². The molecular weight excluding hydrogens is 320 g/mol. The van der Waals surface area contributed by atoms with Gasteiger partial charge in [-0.25, -0.2) is 4.79 Å². The topological polar surface area (TPSA) is 119 Å². The van der Waals surface area contributed by atoms with Crippen LogP contribution in [-0.4, -0.2) is 17.6 Å². The van der Waals surface area contributed by atoms with Gasteiger partial charge < -0.3 is 21.5 Å². The Hall–Kier alpha value is -3.22. The van der Waals surface area contributed by atoms with Gasteiger partial charge in [0.25, 0.3) is 5.91 Å². The Bertz CT molecular complexity index is 780. The SMILES string of the molecule is CC(C)(C)OC(=O)Nc1cc(N)ccc1NC(=O)c1ccc(N)cc1. The quantitative estimate of drug-likeness (QED) is 0.637. The van der Waals surface area contributed by atoms with Crippen molar-refractivity contribution in [3.63, 3.8) is 0 Å². The third-order valence-electron chi connectivity index (χ3n) is 3.10. The van der Waals surface area contributed by atoms with Gasteiger partial charge in [-0.1, -0.05) is 0 Å². The maximum Gasteiger partial charge on any atom is 0.412 e. The van der Waals surface area contributed by atoms with Crippen LogP contribution >= 0.6 is 0 Å². The number of nitrogens with one attached hydrogen (secondary N) is 2. The molecule has 2 amide bonds. The molecule has 0 fully saturated rings. The highest BCUT2D eigenvalue weighted by Gasteiger charge is 2.18. The highest BCUT2D eigenvalue weighted by molar-refractivity contribution is 6.07. The van der Waals surface area contributed by atoms with E-state index in [4.69, 9.17) is 16.2 Å². The third kappa shape index (κ3) is 5.42. The summed E-state index contributed by atoms with van der Waals surface area (Å²) in [5.74, 6) is -0.336. The van der Waals surface area contributed by atoms with E-state index in [9.17, 15) is 9.59 Å². The summed E-state index contributed by atoms with van der Waals surface area (Å²) >= 11 is 0. The van der Waals surface area contributed by atoms with E-state index in [0.29, 0.717) is 28.3 Å². The maximum absolute atomic E-state index is 12.3. The van der Waals surface area contributed by atoms with Crippen LogP contribution in [0.4, 0.5) is 27.5 Å². The number of rotatable bonds is 3. The number of amides is 2. The van der Waals surface area contributed by atoms with Crippen LogP contribution in [0.1, 0.15) is 31.1 Å². The van der Waals surface area contributed by atoms with Gasteiger partial charge in [-0.05, 0) is 63.2 Å². The molecule has 7 nitrogen and oxygen atoms in total. The molecule has 0 saturated heterocycles. The minimum absolute atomic E-state index is 0.336. The van der Waals surface area contributed by atoms with Crippen molar-refractivity contribution >= 4 is 34.7 Å². The molecule has 0 radical (unpaired) electrons. The number of hydrogen-bond donors (Lipinski definition) is 4. The first-order chi connectivity index (χ1) is 11.6. The van der Waals surface area contributed by atoms with Crippen molar-refractivity contribution in [2.24, 2.45) is 0 Å². The molecule has 0 spiro atoms. The van der Waals surface area contributed by atoms with Crippen LogP contribution in [0, 0.1) is 0 Å². The smallest absolute Gasteiger partial charge is 0.412 e. The van der Waals surface area contributed by atoms with Crippen LogP contribution in [0.2, 0.25) is 0 Å². The van der Waals surface area contributed by atoms with E-state index in [0.717, 1.165) is 0 Å². The Morgan fingerprint density at radius 2 is 1.48 bits per heavy atom. The van der Waals surface area contributed by atoms with Gasteiger partial charge in [0.05, 0.1) is 11.4 Å². The van der Waals surface area contributed by atoms with Gasteiger partial charge in [0.2, 0.25) is 0 Å². The number of hydrogen-bond acceptors (Lipinski definition) is 5. The zero-order valence-corrected chi connectivity index (χ0v) is 14.4. The van der Waals surface area contributed by atoms with Crippen molar-refractivity contribution in [2.45, 2.75) is 26.4 Å². The predicted molar refractivity (Wildman–Crippen MR) is 99.5 cm³/mol. The lowest BCUT2D eigenvalue weighted by molar-refractivity contribution is 0.0635. The molecule has 0 atom stereocenters. The molecule has 0 unspecified atom stereocenters. The molecule has 2 rings (SSSR count). The normalized spacial score (nSPS) is 10.8. The third-order valence-corrected chi connectivity index (χ3v) is 3.10. The van der Waals surface area contributed by atoms with Gasteiger partial charge in [0.1, 0.15) is 5.60 Å². The van der Waals surface area contributed by atoms with Gasteiger partial charge >= 0.3 is 6.09 Å². The molecule has 132 valence electrons. The minimum Gasteiger partial charge on any atom is -0.444 e. The summed E-state index contributed by atoms with van der Waals surface area (Å²) in [7, 11) is 0. The summed E-state index contributed by atoms with van der Waals surface area (Å²) in [6, 6.07) is 11.3. The number of nitrogen functional groups attached to an aromatic ring is 2. The van der Waals surface area contributed by atoms with E-state index in [-0.39, 0.29) is 5.91 Å². The molecule has 0 aromatic heterocycles. The molecule has 0 aliphatic rings. The first-order valence-electron chi connectivity index (χ1n) is 7.70. The molecule has 7 heteroatoms. The zero-order chi connectivity index (χ0) is 18.6. The molecule has 0 aliphatic carbocycles. The number of carbonyl (C=O) groups is 2. The summed E-state index contributed by atoms with van der Waals surface area (Å²) < 4.78 is 5.22. The van der Waals surface area contributed by atoms with E-state index in [1.165, 1.54) is 0 Å². The Kier molecular flexibility index (Phi) is 5.17. The zero-order valence-electron chi connectivity index (χ0n) is 14.4. The number of ether oxygens (including phenoxy) is 1. The largest absolute Gasteiger partial charge is 0.444 e. The number of carbonyl (C=O) groups excluding carboxylic acids is 2. The Balaban J connectivity index is 2.19. The standard InChI is InChI=1S/C18H22N4O3/c1-18(2,3)25-17(24)22-15-10-13(20)8-9-14(15)21-16(23)11-4-6-12(19)7-5-11/h4-10H,19-20H2,1-3H3,(H,21,23)(H,22,24). The number of benzene rings is 2. The lowest BCUT2D eigenvalue weighted by Gasteiger charge is -2.20. The number of anilines is 4. The second kappa shape index (κ2) is 7.12. The van der Waals surface area contributed by atoms with E-state index in [1.807, 2.05) is 0 Å². The molecule has 0 aliphatic heterocycles. The summed E-state index contributed by atoms with van der Waals surface area (Å²) in [6.45, 7) is 5.28. The minimum atomic E-state index is -0.641. The molecule has 2 aromatic rings. The Labute approximate surface area is 146 Å². The predicted octanol–water partition coefficient (Wildman–Crippen LogP) is 3.45.